The molecule has 2 nitrogen and oxygen atoms in total. The second kappa shape index (κ2) is 23.6. The predicted molar refractivity (Wildman–Crippen MR) is 156 cm³/mol. The summed E-state index contributed by atoms with van der Waals surface area (Å²) in [6.45, 7) is 10.5. The van der Waals surface area contributed by atoms with Gasteiger partial charge in [0.25, 0.3) is 5.82 Å². The molecule has 1 aromatic rings. The van der Waals surface area contributed by atoms with Crippen LogP contribution < -0.4 is 4.57 Å². The van der Waals surface area contributed by atoms with Crippen LogP contribution in [0.25, 0.3) is 0 Å². The largest absolute Gasteiger partial charge is 0.256 e. The highest BCUT2D eigenvalue weighted by Crippen LogP contribution is 2.15. The average molecular weight is 490 g/mol. The van der Waals surface area contributed by atoms with Crippen LogP contribution in [-0.4, -0.2) is 4.57 Å². The minimum absolute atomic E-state index is 0.570. The molecule has 0 aromatic carbocycles. The molecule has 0 saturated heterocycles. The summed E-state index contributed by atoms with van der Waals surface area (Å²) in [7, 11) is 0. The van der Waals surface area contributed by atoms with E-state index >= 15 is 0 Å². The van der Waals surface area contributed by atoms with Crippen molar-refractivity contribution in [2.45, 2.75) is 194 Å². The van der Waals surface area contributed by atoms with Crippen molar-refractivity contribution >= 4 is 0 Å². The van der Waals surface area contributed by atoms with Gasteiger partial charge >= 0.3 is 0 Å². The van der Waals surface area contributed by atoms with Gasteiger partial charge < -0.3 is 0 Å². The van der Waals surface area contributed by atoms with Gasteiger partial charge in [-0.3, -0.25) is 0 Å². The van der Waals surface area contributed by atoms with Crippen LogP contribution in [0.1, 0.15) is 187 Å². The molecule has 0 saturated carbocycles. The van der Waals surface area contributed by atoms with E-state index in [-0.39, 0.29) is 0 Å². The average Bonchev–Trinajstić information content (AvgIpc) is 3.26. The highest BCUT2D eigenvalue weighted by Gasteiger charge is 2.18. The molecule has 0 unspecified atom stereocenters. The Morgan fingerprint density at radius 3 is 1.31 bits per heavy atom. The number of hydrogen-bond donors (Lipinski definition) is 0. The van der Waals surface area contributed by atoms with Crippen LogP contribution in [0.15, 0.2) is 12.4 Å². The lowest BCUT2D eigenvalue weighted by atomic mass is 10.0. The molecule has 0 bridgehead atoms. The van der Waals surface area contributed by atoms with Gasteiger partial charge in [0.05, 0.1) is 12.6 Å². The van der Waals surface area contributed by atoms with E-state index in [1.807, 2.05) is 0 Å². The molecule has 0 fully saturated rings. The third-order valence-corrected chi connectivity index (χ3v) is 7.85. The zero-order chi connectivity index (χ0) is 25.4. The number of rotatable bonds is 26. The summed E-state index contributed by atoms with van der Waals surface area (Å²) in [6, 6.07) is 0.570. The summed E-state index contributed by atoms with van der Waals surface area (Å²) in [4.78, 5) is 0. The zero-order valence-corrected chi connectivity index (χ0v) is 24.8. The minimum atomic E-state index is 0.570. The number of aryl methyl sites for hydroxylation is 1. The maximum atomic E-state index is 2.57. The normalized spacial score (nSPS) is 11.7. The van der Waals surface area contributed by atoms with E-state index in [9.17, 15) is 0 Å². The third-order valence-electron chi connectivity index (χ3n) is 7.85. The highest BCUT2D eigenvalue weighted by atomic mass is 15.2. The van der Waals surface area contributed by atoms with Gasteiger partial charge in [-0.25, -0.2) is 9.13 Å². The van der Waals surface area contributed by atoms with Crippen LogP contribution >= 0.6 is 0 Å². The lowest BCUT2D eigenvalue weighted by Crippen LogP contribution is -2.39. The van der Waals surface area contributed by atoms with E-state index in [0.29, 0.717) is 6.04 Å². The molecule has 0 amide bonds. The molecule has 206 valence electrons. The molecule has 1 heterocycles. The van der Waals surface area contributed by atoms with Gasteiger partial charge in [-0.15, -0.1) is 0 Å². The monoisotopic (exact) mass is 490 g/mol. The molecular formula is C33H65N2+. The first-order valence-corrected chi connectivity index (χ1v) is 16.3. The number of aromatic nitrogens is 2. The van der Waals surface area contributed by atoms with Gasteiger partial charge in [-0.2, -0.15) is 0 Å². The number of unbranched alkanes of at least 4 members (excludes halogenated alkanes) is 21. The standard InChI is InChI=1S/C33H65N2/c1-5-7-9-11-13-15-16-17-18-19-20-22-24-26-28-33-34(30-31-35(33)32(3)4)29-27-25-23-21-14-12-10-8-6-2/h30-32H,5-29H2,1-4H3/q+1. The molecule has 0 atom stereocenters. The van der Waals surface area contributed by atoms with Crippen molar-refractivity contribution in [1.29, 1.82) is 0 Å². The number of hydrogen-bond acceptors (Lipinski definition) is 0. The van der Waals surface area contributed by atoms with Crippen molar-refractivity contribution in [3.8, 4) is 0 Å². The summed E-state index contributed by atoms with van der Waals surface area (Å²) < 4.78 is 5.10. The van der Waals surface area contributed by atoms with Crippen molar-refractivity contribution in [1.82, 2.24) is 4.57 Å². The molecule has 0 aliphatic rings. The van der Waals surface area contributed by atoms with Crippen molar-refractivity contribution in [2.24, 2.45) is 0 Å². The third kappa shape index (κ3) is 17.3. The second-order valence-electron chi connectivity index (χ2n) is 11.6. The Labute approximate surface area is 221 Å². The van der Waals surface area contributed by atoms with E-state index in [0.717, 1.165) is 0 Å². The lowest BCUT2D eigenvalue weighted by Gasteiger charge is -2.08. The second-order valence-corrected chi connectivity index (χ2v) is 11.6. The Balaban J connectivity index is 2.10. The Hall–Kier alpha value is -0.790. The maximum Gasteiger partial charge on any atom is 0.256 e. The first kappa shape index (κ1) is 32.2. The summed E-state index contributed by atoms with van der Waals surface area (Å²) in [5.41, 5.74) is 0. The van der Waals surface area contributed by atoms with Crippen molar-refractivity contribution in [2.75, 3.05) is 0 Å². The van der Waals surface area contributed by atoms with Crippen LogP contribution in [0, 0.1) is 0 Å². The maximum absolute atomic E-state index is 2.57. The SMILES string of the molecule is CCCCCCCCCCCCCCCCc1n(CCCCCCCCCCC)cc[n+]1C(C)C. The van der Waals surface area contributed by atoms with Crippen molar-refractivity contribution in [3.05, 3.63) is 18.2 Å². The molecule has 0 N–H and O–H groups in total. The Morgan fingerprint density at radius 1 is 0.543 bits per heavy atom. The van der Waals surface area contributed by atoms with Gasteiger partial charge in [0.15, 0.2) is 0 Å². The summed E-state index contributed by atoms with van der Waals surface area (Å²) in [5.74, 6) is 1.57. The van der Waals surface area contributed by atoms with E-state index in [1.54, 1.807) is 5.82 Å². The Kier molecular flexibility index (Phi) is 21.7. The first-order chi connectivity index (χ1) is 17.2. The smallest absolute Gasteiger partial charge is 0.234 e. The Bertz CT molecular complexity index is 559. The van der Waals surface area contributed by atoms with Crippen molar-refractivity contribution < 1.29 is 4.57 Å². The van der Waals surface area contributed by atoms with E-state index < -0.39 is 0 Å². The Morgan fingerprint density at radius 2 is 0.914 bits per heavy atom. The van der Waals surface area contributed by atoms with Gasteiger partial charge in [0, 0.05) is 6.42 Å². The summed E-state index contributed by atoms with van der Waals surface area (Å²) in [5, 5.41) is 0. The molecular weight excluding hydrogens is 424 g/mol. The molecule has 2 heteroatoms. The van der Waals surface area contributed by atoms with Crippen LogP contribution in [-0.2, 0) is 13.0 Å². The zero-order valence-electron chi connectivity index (χ0n) is 24.8. The number of imidazole rings is 1. The molecule has 0 aliphatic carbocycles. The van der Waals surface area contributed by atoms with E-state index in [1.165, 1.54) is 161 Å². The van der Waals surface area contributed by atoms with Crippen LogP contribution in [0.4, 0.5) is 0 Å². The molecule has 0 radical (unpaired) electrons. The van der Waals surface area contributed by atoms with Crippen LogP contribution in [0.5, 0.6) is 0 Å². The predicted octanol–water partition coefficient (Wildman–Crippen LogP) is 10.9. The highest BCUT2D eigenvalue weighted by molar-refractivity contribution is 4.85. The first-order valence-electron chi connectivity index (χ1n) is 16.3. The fourth-order valence-corrected chi connectivity index (χ4v) is 5.49. The van der Waals surface area contributed by atoms with Gasteiger partial charge in [-0.05, 0) is 33.1 Å². The fourth-order valence-electron chi connectivity index (χ4n) is 5.49. The van der Waals surface area contributed by atoms with Crippen LogP contribution in [0.2, 0.25) is 0 Å². The summed E-state index contributed by atoms with van der Waals surface area (Å²) >= 11 is 0. The van der Waals surface area contributed by atoms with E-state index in [2.05, 4.69) is 49.2 Å². The molecule has 1 aromatic heterocycles. The fraction of sp³-hybridized carbons (Fsp3) is 0.909. The lowest BCUT2D eigenvalue weighted by molar-refractivity contribution is -0.722. The summed E-state index contributed by atoms with van der Waals surface area (Å²) in [6.07, 6.45) is 38.8. The van der Waals surface area contributed by atoms with Gasteiger partial charge in [-0.1, -0.05) is 142 Å². The molecule has 0 aliphatic heterocycles. The topological polar surface area (TPSA) is 8.81 Å². The van der Waals surface area contributed by atoms with Crippen LogP contribution in [0.3, 0.4) is 0 Å². The van der Waals surface area contributed by atoms with E-state index in [4.69, 9.17) is 0 Å². The van der Waals surface area contributed by atoms with Crippen molar-refractivity contribution in [3.63, 3.8) is 0 Å². The van der Waals surface area contributed by atoms with Gasteiger partial charge in [0.2, 0.25) is 0 Å². The quantitative estimate of drug-likeness (QED) is 0.0903. The van der Waals surface area contributed by atoms with Gasteiger partial charge in [0.1, 0.15) is 12.4 Å². The molecule has 1 rings (SSSR count). The molecule has 35 heavy (non-hydrogen) atoms. The molecule has 0 spiro atoms. The number of nitrogens with zero attached hydrogens (tertiary/aromatic N) is 2. The minimum Gasteiger partial charge on any atom is -0.234 e.